The van der Waals surface area contributed by atoms with Crippen molar-refractivity contribution in [1.82, 2.24) is 9.80 Å². The van der Waals surface area contributed by atoms with Crippen molar-refractivity contribution in [1.29, 1.82) is 0 Å². The number of aliphatic carboxylic acids is 1. The largest absolute Gasteiger partial charge is 0.481 e. The maximum atomic E-state index is 13.8. The van der Waals surface area contributed by atoms with Crippen LogP contribution in [0.3, 0.4) is 0 Å². The molecule has 1 aliphatic heterocycles. The highest BCUT2D eigenvalue weighted by Gasteiger charge is 2.44. The molecule has 0 radical (unpaired) electrons. The van der Waals surface area contributed by atoms with Gasteiger partial charge < -0.3 is 14.9 Å². The summed E-state index contributed by atoms with van der Waals surface area (Å²) in [6.45, 7) is 0.743. The molecule has 1 saturated carbocycles. The number of piperidine rings is 1. The predicted molar refractivity (Wildman–Crippen MR) is 101 cm³/mol. The van der Waals surface area contributed by atoms with Crippen LogP contribution in [0.25, 0.3) is 0 Å². The highest BCUT2D eigenvalue weighted by Crippen LogP contribution is 2.42. The summed E-state index contributed by atoms with van der Waals surface area (Å²) in [7, 11) is 1.61. The van der Waals surface area contributed by atoms with Gasteiger partial charge in [-0.1, -0.05) is 25.0 Å². The van der Waals surface area contributed by atoms with E-state index in [1.54, 1.807) is 24.1 Å². The van der Waals surface area contributed by atoms with Crippen LogP contribution in [0.5, 0.6) is 0 Å². The molecule has 0 atom stereocenters. The average Bonchev–Trinajstić information content (AvgIpc) is 3.18. The number of halogens is 1. The van der Waals surface area contributed by atoms with Crippen molar-refractivity contribution in [3.8, 4) is 0 Å². The Bertz CT molecular complexity index is 753. The van der Waals surface area contributed by atoms with E-state index in [-0.39, 0.29) is 24.2 Å². The number of nitrogens with zero attached hydrogens (tertiary/aromatic N) is 2. The number of amides is 2. The van der Waals surface area contributed by atoms with Gasteiger partial charge in [-0.3, -0.25) is 14.4 Å². The van der Waals surface area contributed by atoms with Gasteiger partial charge in [0.05, 0.1) is 17.9 Å². The molecule has 1 aromatic rings. The molecule has 6 nitrogen and oxygen atoms in total. The van der Waals surface area contributed by atoms with Gasteiger partial charge in [0.15, 0.2) is 0 Å². The molecule has 2 amide bonds. The zero-order valence-electron chi connectivity index (χ0n) is 16.2. The van der Waals surface area contributed by atoms with Crippen LogP contribution in [0.4, 0.5) is 4.39 Å². The fourth-order valence-corrected chi connectivity index (χ4v) is 4.51. The third-order valence-corrected chi connectivity index (χ3v) is 6.16. The van der Waals surface area contributed by atoms with Crippen LogP contribution >= 0.6 is 0 Å². The van der Waals surface area contributed by atoms with Gasteiger partial charge in [-0.15, -0.1) is 0 Å². The van der Waals surface area contributed by atoms with E-state index >= 15 is 0 Å². The second-order valence-corrected chi connectivity index (χ2v) is 7.95. The molecule has 1 aliphatic carbocycles. The Morgan fingerprint density at radius 2 is 1.86 bits per heavy atom. The maximum Gasteiger partial charge on any atom is 0.306 e. The van der Waals surface area contributed by atoms with Crippen LogP contribution in [-0.2, 0) is 19.8 Å². The number of likely N-dealkylation sites (N-methyl/N-ethyl adjacent to an activating group) is 1. The maximum absolute atomic E-state index is 13.8. The molecule has 0 aromatic heterocycles. The molecule has 1 saturated heterocycles. The monoisotopic (exact) mass is 390 g/mol. The van der Waals surface area contributed by atoms with Gasteiger partial charge in [0.25, 0.3) is 0 Å². The second-order valence-electron chi connectivity index (χ2n) is 7.95. The van der Waals surface area contributed by atoms with Crippen molar-refractivity contribution >= 4 is 17.8 Å². The van der Waals surface area contributed by atoms with Crippen molar-refractivity contribution in [2.45, 2.75) is 43.9 Å². The highest BCUT2D eigenvalue weighted by atomic mass is 19.1. The molecular formula is C21H27FN2O4. The summed E-state index contributed by atoms with van der Waals surface area (Å²) in [4.78, 5) is 40.1. The Morgan fingerprint density at radius 3 is 2.43 bits per heavy atom. The Morgan fingerprint density at radius 1 is 1.21 bits per heavy atom. The highest BCUT2D eigenvalue weighted by molar-refractivity contribution is 5.92. The lowest BCUT2D eigenvalue weighted by Gasteiger charge is -2.35. The number of benzene rings is 1. The first kappa shape index (κ1) is 20.3. The normalized spacial score (nSPS) is 19.4. The molecular weight excluding hydrogens is 363 g/mol. The van der Waals surface area contributed by atoms with E-state index in [2.05, 4.69) is 0 Å². The van der Waals surface area contributed by atoms with E-state index in [0.29, 0.717) is 44.3 Å². The topological polar surface area (TPSA) is 77.9 Å². The van der Waals surface area contributed by atoms with E-state index in [0.717, 1.165) is 12.8 Å². The Labute approximate surface area is 164 Å². The molecule has 0 spiro atoms. The fourth-order valence-electron chi connectivity index (χ4n) is 4.51. The van der Waals surface area contributed by atoms with Crippen molar-refractivity contribution < 1.29 is 23.9 Å². The van der Waals surface area contributed by atoms with Gasteiger partial charge in [-0.2, -0.15) is 0 Å². The summed E-state index contributed by atoms with van der Waals surface area (Å²) in [6.07, 6.45) is 3.97. The SMILES string of the molecule is CN(CC(=O)N1CCC(C(=O)O)CC1)C(=O)C1(c2cccc(F)c2)CCCC1. The van der Waals surface area contributed by atoms with E-state index in [4.69, 9.17) is 5.11 Å². The minimum atomic E-state index is -0.822. The molecule has 0 unspecified atom stereocenters. The van der Waals surface area contributed by atoms with E-state index < -0.39 is 17.3 Å². The molecule has 3 rings (SSSR count). The number of rotatable bonds is 5. The molecule has 7 heteroatoms. The first-order valence-electron chi connectivity index (χ1n) is 9.86. The number of carboxylic acid groups (broad SMARTS) is 1. The first-order valence-corrected chi connectivity index (χ1v) is 9.86. The number of carbonyl (C=O) groups is 3. The van der Waals surface area contributed by atoms with E-state index in [9.17, 15) is 18.8 Å². The smallest absolute Gasteiger partial charge is 0.306 e. The predicted octanol–water partition coefficient (Wildman–Crippen LogP) is 2.42. The van der Waals surface area contributed by atoms with Gasteiger partial charge in [0.1, 0.15) is 5.82 Å². The lowest BCUT2D eigenvalue weighted by atomic mass is 9.77. The summed E-state index contributed by atoms with van der Waals surface area (Å²) in [6, 6.07) is 6.20. The standard InChI is InChI=1S/C21H27FN2O4/c1-23(14-18(25)24-11-7-15(8-12-24)19(26)27)20(28)21(9-2-3-10-21)16-5-4-6-17(22)13-16/h4-6,13,15H,2-3,7-12,14H2,1H3,(H,26,27). The minimum Gasteiger partial charge on any atom is -0.481 e. The van der Waals surface area contributed by atoms with Gasteiger partial charge in [0, 0.05) is 20.1 Å². The van der Waals surface area contributed by atoms with Crippen molar-refractivity contribution in [2.24, 2.45) is 5.92 Å². The van der Waals surface area contributed by atoms with Gasteiger partial charge in [-0.05, 0) is 43.4 Å². The Kier molecular flexibility index (Phi) is 6.01. The van der Waals surface area contributed by atoms with E-state index in [1.165, 1.54) is 17.0 Å². The number of likely N-dealkylation sites (tertiary alicyclic amines) is 1. The van der Waals surface area contributed by atoms with Crippen LogP contribution in [0.15, 0.2) is 24.3 Å². The Hall–Kier alpha value is -2.44. The average molecular weight is 390 g/mol. The van der Waals surface area contributed by atoms with E-state index in [1.807, 2.05) is 0 Å². The van der Waals surface area contributed by atoms with Crippen molar-refractivity contribution in [3.05, 3.63) is 35.6 Å². The number of hydrogen-bond acceptors (Lipinski definition) is 3. The van der Waals surface area contributed by atoms with Crippen molar-refractivity contribution in [3.63, 3.8) is 0 Å². The second kappa shape index (κ2) is 8.29. The van der Waals surface area contributed by atoms with Crippen LogP contribution < -0.4 is 0 Å². The quantitative estimate of drug-likeness (QED) is 0.838. The lowest BCUT2D eigenvalue weighted by molar-refractivity contribution is -0.147. The molecule has 1 aromatic carbocycles. The van der Waals surface area contributed by atoms with Gasteiger partial charge in [0.2, 0.25) is 11.8 Å². The van der Waals surface area contributed by atoms with Gasteiger partial charge in [-0.25, -0.2) is 4.39 Å². The van der Waals surface area contributed by atoms with Crippen LogP contribution in [0.2, 0.25) is 0 Å². The molecule has 28 heavy (non-hydrogen) atoms. The third kappa shape index (κ3) is 4.03. The zero-order chi connectivity index (χ0) is 20.3. The lowest BCUT2D eigenvalue weighted by Crippen LogP contribution is -2.49. The summed E-state index contributed by atoms with van der Waals surface area (Å²) in [5.74, 6) is -1.91. The zero-order valence-corrected chi connectivity index (χ0v) is 16.2. The van der Waals surface area contributed by atoms with Crippen molar-refractivity contribution in [2.75, 3.05) is 26.7 Å². The molecule has 152 valence electrons. The Balaban J connectivity index is 1.67. The van der Waals surface area contributed by atoms with Crippen LogP contribution in [-0.4, -0.2) is 59.4 Å². The fraction of sp³-hybridized carbons (Fsp3) is 0.571. The van der Waals surface area contributed by atoms with Crippen LogP contribution in [0.1, 0.15) is 44.1 Å². The molecule has 2 fully saturated rings. The minimum absolute atomic E-state index is 0.0480. The molecule has 2 aliphatic rings. The van der Waals surface area contributed by atoms with Crippen LogP contribution in [0, 0.1) is 11.7 Å². The number of hydrogen-bond donors (Lipinski definition) is 1. The summed E-state index contributed by atoms with van der Waals surface area (Å²) >= 11 is 0. The third-order valence-electron chi connectivity index (χ3n) is 6.16. The van der Waals surface area contributed by atoms with Gasteiger partial charge >= 0.3 is 5.97 Å². The molecule has 0 bridgehead atoms. The molecule has 1 N–H and O–H groups in total. The summed E-state index contributed by atoms with van der Waals surface area (Å²) < 4.78 is 13.8. The summed E-state index contributed by atoms with van der Waals surface area (Å²) in [5, 5.41) is 9.08. The number of carbonyl (C=O) groups excluding carboxylic acids is 2. The first-order chi connectivity index (χ1) is 13.3. The number of carboxylic acids is 1. The summed E-state index contributed by atoms with van der Waals surface area (Å²) in [5.41, 5.74) is -0.0930. The molecule has 1 heterocycles.